The van der Waals surface area contributed by atoms with E-state index < -0.39 is 21.9 Å². The zero-order chi connectivity index (χ0) is 18.3. The highest BCUT2D eigenvalue weighted by atomic mass is 32.2. The van der Waals surface area contributed by atoms with Crippen molar-refractivity contribution in [1.29, 1.82) is 0 Å². The van der Waals surface area contributed by atoms with Gasteiger partial charge in [0.25, 0.3) is 0 Å². The molecule has 142 valence electrons. The number of hydrogen-bond acceptors (Lipinski definition) is 4. The number of nitrogens with two attached hydrogens (primary N) is 1. The van der Waals surface area contributed by atoms with E-state index >= 15 is 0 Å². The third-order valence-corrected chi connectivity index (χ3v) is 5.95. The summed E-state index contributed by atoms with van der Waals surface area (Å²) in [7, 11) is -3.38. The normalized spacial score (nSPS) is 16.0. The van der Waals surface area contributed by atoms with Crippen molar-refractivity contribution >= 4 is 10.0 Å². The topological polar surface area (TPSA) is 81.4 Å². The number of rotatable bonds is 12. The summed E-state index contributed by atoms with van der Waals surface area (Å²) in [5.74, 6) is 0.559. The van der Waals surface area contributed by atoms with Crippen LogP contribution in [0.15, 0.2) is 18.2 Å². The van der Waals surface area contributed by atoms with E-state index in [-0.39, 0.29) is 11.5 Å². The fraction of sp³-hybridized carbons (Fsp3) is 0.667. The van der Waals surface area contributed by atoms with E-state index in [2.05, 4.69) is 4.72 Å². The van der Waals surface area contributed by atoms with Gasteiger partial charge in [-0.05, 0) is 56.3 Å². The lowest BCUT2D eigenvalue weighted by Crippen LogP contribution is -2.29. The summed E-state index contributed by atoms with van der Waals surface area (Å²) in [4.78, 5) is 0. The van der Waals surface area contributed by atoms with Crippen molar-refractivity contribution in [2.75, 3.05) is 18.9 Å². The predicted octanol–water partition coefficient (Wildman–Crippen LogP) is 3.11. The molecule has 1 aromatic rings. The van der Waals surface area contributed by atoms with Crippen molar-refractivity contribution in [3.05, 3.63) is 29.6 Å². The van der Waals surface area contributed by atoms with E-state index in [1.54, 1.807) is 19.1 Å². The average Bonchev–Trinajstić information content (AvgIpc) is 3.37. The Labute approximate surface area is 150 Å². The van der Waals surface area contributed by atoms with Gasteiger partial charge in [0.2, 0.25) is 10.0 Å². The van der Waals surface area contributed by atoms with Crippen LogP contribution in [0.5, 0.6) is 5.75 Å². The third kappa shape index (κ3) is 7.30. The highest BCUT2D eigenvalue weighted by Crippen LogP contribution is 2.32. The van der Waals surface area contributed by atoms with Crippen LogP contribution in [-0.4, -0.2) is 27.3 Å². The van der Waals surface area contributed by atoms with E-state index in [9.17, 15) is 12.8 Å². The fourth-order valence-corrected chi connectivity index (χ4v) is 4.03. The van der Waals surface area contributed by atoms with Gasteiger partial charge in [0, 0.05) is 6.04 Å². The van der Waals surface area contributed by atoms with Gasteiger partial charge in [0.15, 0.2) is 11.6 Å². The quantitative estimate of drug-likeness (QED) is 0.552. The van der Waals surface area contributed by atoms with E-state index in [0.29, 0.717) is 25.1 Å². The molecule has 1 aromatic carbocycles. The number of hydrogen-bond donors (Lipinski definition) is 2. The summed E-state index contributed by atoms with van der Waals surface area (Å²) in [6.45, 7) is 2.81. The number of unbranched alkanes of at least 4 members (excludes halogenated alkanes) is 2. The van der Waals surface area contributed by atoms with E-state index in [1.165, 1.54) is 18.9 Å². The molecule has 0 aliphatic heterocycles. The van der Waals surface area contributed by atoms with Crippen LogP contribution < -0.4 is 15.2 Å². The standard InChI is InChI=1S/C18H29FN2O3S/c1-14(21-25(22,23)12-4-2-3-10-20)16-7-8-17(19)18(13-16)24-11-9-15-5-6-15/h7-8,13-15,21H,2-6,9-12,20H2,1H3. The molecule has 1 aliphatic rings. The van der Waals surface area contributed by atoms with Crippen molar-refractivity contribution in [3.63, 3.8) is 0 Å². The van der Waals surface area contributed by atoms with Crippen LogP contribution >= 0.6 is 0 Å². The van der Waals surface area contributed by atoms with Crippen LogP contribution in [0.4, 0.5) is 4.39 Å². The molecule has 0 heterocycles. The van der Waals surface area contributed by atoms with Gasteiger partial charge in [0.05, 0.1) is 12.4 Å². The lowest BCUT2D eigenvalue weighted by molar-refractivity contribution is 0.287. The summed E-state index contributed by atoms with van der Waals surface area (Å²) in [6, 6.07) is 4.06. The average molecular weight is 373 g/mol. The van der Waals surface area contributed by atoms with Crippen LogP contribution in [0.2, 0.25) is 0 Å². The second-order valence-electron chi connectivity index (χ2n) is 6.78. The Bertz CT molecular complexity index is 648. The van der Waals surface area contributed by atoms with Crippen LogP contribution in [-0.2, 0) is 10.0 Å². The van der Waals surface area contributed by atoms with Crippen LogP contribution in [0.25, 0.3) is 0 Å². The number of benzene rings is 1. The zero-order valence-corrected chi connectivity index (χ0v) is 15.7. The molecule has 1 aliphatic carbocycles. The molecule has 1 atom stereocenters. The van der Waals surface area contributed by atoms with Gasteiger partial charge in [-0.1, -0.05) is 25.3 Å². The maximum atomic E-state index is 13.9. The number of sulfonamides is 1. The molecule has 0 bridgehead atoms. The van der Waals surface area contributed by atoms with Crippen molar-refractivity contribution in [1.82, 2.24) is 4.72 Å². The maximum Gasteiger partial charge on any atom is 0.212 e. The summed E-state index contributed by atoms with van der Waals surface area (Å²) >= 11 is 0. The van der Waals surface area contributed by atoms with Crippen molar-refractivity contribution in [3.8, 4) is 5.75 Å². The lowest BCUT2D eigenvalue weighted by Gasteiger charge is -2.16. The van der Waals surface area contributed by atoms with Crippen LogP contribution in [0, 0.1) is 11.7 Å². The highest BCUT2D eigenvalue weighted by molar-refractivity contribution is 7.89. The molecule has 1 unspecified atom stereocenters. The van der Waals surface area contributed by atoms with Crippen LogP contribution in [0.1, 0.15) is 57.1 Å². The SMILES string of the molecule is CC(NS(=O)(=O)CCCCCN)c1ccc(F)c(OCCC2CC2)c1. The first-order valence-electron chi connectivity index (χ1n) is 9.03. The van der Waals surface area contributed by atoms with Crippen molar-refractivity contribution in [2.45, 2.75) is 51.5 Å². The summed E-state index contributed by atoms with van der Waals surface area (Å²) in [5.41, 5.74) is 6.10. The molecule has 0 aromatic heterocycles. The summed E-state index contributed by atoms with van der Waals surface area (Å²) < 4.78 is 46.3. The first kappa shape index (κ1) is 20.1. The fourth-order valence-electron chi connectivity index (χ4n) is 2.65. The Balaban J connectivity index is 1.89. The minimum atomic E-state index is -3.38. The van der Waals surface area contributed by atoms with Gasteiger partial charge in [-0.15, -0.1) is 0 Å². The molecule has 25 heavy (non-hydrogen) atoms. The molecule has 5 nitrogen and oxygen atoms in total. The Morgan fingerprint density at radius 3 is 2.76 bits per heavy atom. The molecule has 1 fully saturated rings. The van der Waals surface area contributed by atoms with E-state index in [0.717, 1.165) is 25.2 Å². The molecular formula is C18H29FN2O3S. The Hall–Kier alpha value is -1.18. The minimum Gasteiger partial charge on any atom is -0.490 e. The second kappa shape index (κ2) is 9.50. The number of nitrogens with one attached hydrogen (secondary N) is 1. The molecular weight excluding hydrogens is 343 g/mol. The predicted molar refractivity (Wildman–Crippen MR) is 97.5 cm³/mol. The van der Waals surface area contributed by atoms with Crippen LogP contribution in [0.3, 0.4) is 0 Å². The first-order chi connectivity index (χ1) is 11.9. The second-order valence-corrected chi connectivity index (χ2v) is 8.65. The lowest BCUT2D eigenvalue weighted by atomic mass is 10.1. The molecule has 7 heteroatoms. The van der Waals surface area contributed by atoms with Crippen molar-refractivity contribution < 1.29 is 17.5 Å². The summed E-state index contributed by atoms with van der Waals surface area (Å²) in [6.07, 6.45) is 5.60. The van der Waals surface area contributed by atoms with Gasteiger partial charge in [-0.25, -0.2) is 17.5 Å². The number of ether oxygens (including phenoxy) is 1. The third-order valence-electron chi connectivity index (χ3n) is 4.41. The van der Waals surface area contributed by atoms with Gasteiger partial charge in [-0.3, -0.25) is 0 Å². The Morgan fingerprint density at radius 2 is 2.08 bits per heavy atom. The van der Waals surface area contributed by atoms with Crippen molar-refractivity contribution in [2.24, 2.45) is 11.7 Å². The first-order valence-corrected chi connectivity index (χ1v) is 10.7. The molecule has 2 rings (SSSR count). The van der Waals surface area contributed by atoms with Gasteiger partial charge in [0.1, 0.15) is 0 Å². The molecule has 0 spiro atoms. The van der Waals surface area contributed by atoms with E-state index in [1.807, 2.05) is 0 Å². The molecule has 0 amide bonds. The molecule has 3 N–H and O–H groups in total. The van der Waals surface area contributed by atoms with Gasteiger partial charge < -0.3 is 10.5 Å². The van der Waals surface area contributed by atoms with Gasteiger partial charge >= 0.3 is 0 Å². The van der Waals surface area contributed by atoms with E-state index in [4.69, 9.17) is 10.5 Å². The maximum absolute atomic E-state index is 13.9. The highest BCUT2D eigenvalue weighted by Gasteiger charge is 2.21. The monoisotopic (exact) mass is 372 g/mol. The summed E-state index contributed by atoms with van der Waals surface area (Å²) in [5, 5.41) is 0. The molecule has 1 saturated carbocycles. The van der Waals surface area contributed by atoms with Gasteiger partial charge in [-0.2, -0.15) is 0 Å². The Kier molecular flexibility index (Phi) is 7.65. The smallest absolute Gasteiger partial charge is 0.212 e. The minimum absolute atomic E-state index is 0.0727. The zero-order valence-electron chi connectivity index (χ0n) is 14.8. The molecule has 0 saturated heterocycles. The largest absolute Gasteiger partial charge is 0.490 e. The number of halogens is 1. The Morgan fingerprint density at radius 1 is 1.32 bits per heavy atom. The molecule has 0 radical (unpaired) electrons.